The fraction of sp³-hybridized carbons (Fsp3) is 1.00. The lowest BCUT2D eigenvalue weighted by Crippen LogP contribution is -3.00. The first-order valence-electron chi connectivity index (χ1n) is 11.8. The van der Waals surface area contributed by atoms with Gasteiger partial charge in [0.05, 0.1) is 6.61 Å². The van der Waals surface area contributed by atoms with Gasteiger partial charge in [0.25, 0.3) is 0 Å². The molecule has 0 aromatic heterocycles. The molecule has 0 saturated carbocycles. The SMILES string of the molecule is C.C.C.C.CCBr.CCNC(N(C)C)N(C)C.CCNC(N(C)C)N(C)C.CCOS(=O)(=O)C(F)(F)F.O=S(=O)([O-])C(F)(F)F.[Br-]. The highest BCUT2D eigenvalue weighted by atomic mass is 79.9. The Morgan fingerprint density at radius 1 is 0.652 bits per heavy atom. The fourth-order valence-electron chi connectivity index (χ4n) is 2.24. The van der Waals surface area contributed by atoms with Gasteiger partial charge in [0.15, 0.2) is 10.1 Å². The molecule has 0 aromatic rings. The van der Waals surface area contributed by atoms with Crippen molar-refractivity contribution in [2.75, 3.05) is 81.4 Å². The molecule has 0 aliphatic rings. The van der Waals surface area contributed by atoms with Gasteiger partial charge in [-0.05, 0) is 76.4 Å². The number of alkyl halides is 7. The van der Waals surface area contributed by atoms with Crippen molar-refractivity contribution in [3.8, 4) is 0 Å². The van der Waals surface area contributed by atoms with Crippen molar-refractivity contribution < 1.29 is 68.9 Å². The first-order valence-corrected chi connectivity index (χ1v) is 15.8. The molecule has 0 heterocycles. The minimum absolute atomic E-state index is 0. The van der Waals surface area contributed by atoms with Crippen LogP contribution in [0.4, 0.5) is 26.3 Å². The molecule has 0 aliphatic carbocycles. The molecule has 12 nitrogen and oxygen atoms in total. The highest BCUT2D eigenvalue weighted by molar-refractivity contribution is 9.09. The van der Waals surface area contributed by atoms with E-state index in [1.54, 1.807) is 0 Å². The minimum Gasteiger partial charge on any atom is -1.00 e. The van der Waals surface area contributed by atoms with Gasteiger partial charge in [0.1, 0.15) is 12.6 Å². The van der Waals surface area contributed by atoms with Crippen molar-refractivity contribution in [1.29, 1.82) is 0 Å². The summed E-state index contributed by atoms with van der Waals surface area (Å²) in [5, 5.41) is 7.73. The predicted molar refractivity (Wildman–Crippen MR) is 178 cm³/mol. The molecule has 0 aliphatic heterocycles. The lowest BCUT2D eigenvalue weighted by atomic mass is 10.6. The summed E-state index contributed by atoms with van der Waals surface area (Å²) in [5.41, 5.74) is -10.9. The van der Waals surface area contributed by atoms with Crippen LogP contribution in [0.2, 0.25) is 0 Å². The molecule has 296 valence electrons. The summed E-state index contributed by atoms with van der Waals surface area (Å²) in [4.78, 5) is 8.57. The van der Waals surface area contributed by atoms with E-state index >= 15 is 0 Å². The van der Waals surface area contributed by atoms with Gasteiger partial charge in [-0.3, -0.25) is 34.4 Å². The smallest absolute Gasteiger partial charge is 0.523 e. The zero-order chi connectivity index (χ0) is 34.4. The van der Waals surface area contributed by atoms with Gasteiger partial charge >= 0.3 is 21.1 Å². The Morgan fingerprint density at radius 3 is 0.891 bits per heavy atom. The highest BCUT2D eigenvalue weighted by Gasteiger charge is 2.46. The molecule has 0 saturated heterocycles. The zero-order valence-corrected chi connectivity index (χ0v) is 30.9. The van der Waals surface area contributed by atoms with E-state index in [-0.39, 0.29) is 46.7 Å². The lowest BCUT2D eigenvalue weighted by molar-refractivity contribution is -0.0539. The van der Waals surface area contributed by atoms with Gasteiger partial charge in [0, 0.05) is 5.33 Å². The summed E-state index contributed by atoms with van der Waals surface area (Å²) in [6.45, 7) is 8.91. The maximum Gasteiger partial charge on any atom is 0.523 e. The van der Waals surface area contributed by atoms with Gasteiger partial charge in [-0.1, -0.05) is 66.4 Å². The molecular formula is C24H64Br2F6N6O6S2-2. The van der Waals surface area contributed by atoms with Crippen LogP contribution in [-0.4, -0.2) is 146 Å². The third-order valence-corrected chi connectivity index (χ3v) is 5.25. The van der Waals surface area contributed by atoms with Gasteiger partial charge in [-0.2, -0.15) is 34.8 Å². The minimum atomic E-state index is -6.09. The average Bonchev–Trinajstić information content (AvgIpc) is 2.74. The topological polar surface area (TPSA) is 138 Å². The number of hydrogen-bond acceptors (Lipinski definition) is 12. The van der Waals surface area contributed by atoms with Crippen LogP contribution in [-0.2, 0) is 24.4 Å². The summed E-state index contributed by atoms with van der Waals surface area (Å²) in [6.07, 6.45) is 0.704. The summed E-state index contributed by atoms with van der Waals surface area (Å²) < 4.78 is 116. The normalized spacial score (nSPS) is 11.0. The van der Waals surface area contributed by atoms with Gasteiger partial charge in [0.2, 0.25) is 0 Å². The molecule has 0 unspecified atom stereocenters. The van der Waals surface area contributed by atoms with Crippen LogP contribution in [0.5, 0.6) is 0 Å². The number of rotatable bonds is 10. The molecule has 2 N–H and O–H groups in total. The van der Waals surface area contributed by atoms with Crippen LogP contribution < -0.4 is 27.6 Å². The Hall–Kier alpha value is 0.120. The molecule has 46 heavy (non-hydrogen) atoms. The van der Waals surface area contributed by atoms with E-state index in [2.05, 4.69) is 121 Å². The van der Waals surface area contributed by atoms with Crippen molar-refractivity contribution in [2.24, 2.45) is 0 Å². The van der Waals surface area contributed by atoms with E-state index in [1.807, 2.05) is 6.92 Å². The molecule has 0 aromatic carbocycles. The van der Waals surface area contributed by atoms with Crippen molar-refractivity contribution in [3.63, 3.8) is 0 Å². The van der Waals surface area contributed by atoms with E-state index in [1.165, 1.54) is 0 Å². The van der Waals surface area contributed by atoms with Gasteiger partial charge < -0.3 is 21.5 Å². The van der Waals surface area contributed by atoms with Crippen LogP contribution in [0.25, 0.3) is 0 Å². The van der Waals surface area contributed by atoms with E-state index in [4.69, 9.17) is 13.0 Å². The zero-order valence-electron chi connectivity index (χ0n) is 26.1. The lowest BCUT2D eigenvalue weighted by Gasteiger charge is -2.30. The summed E-state index contributed by atoms with van der Waals surface area (Å²) >= 11 is 3.15. The second-order valence-corrected chi connectivity index (χ2v) is 12.3. The highest BCUT2D eigenvalue weighted by Crippen LogP contribution is 2.24. The summed E-state index contributed by atoms with van der Waals surface area (Å²) in [6, 6.07) is 0. The largest absolute Gasteiger partial charge is 1.00 e. The van der Waals surface area contributed by atoms with Crippen molar-refractivity contribution >= 4 is 36.2 Å². The van der Waals surface area contributed by atoms with Crippen LogP contribution >= 0.6 is 15.9 Å². The first kappa shape index (κ1) is 72.0. The molecule has 0 amide bonds. The Balaban J connectivity index is -0.0000000441. The van der Waals surface area contributed by atoms with E-state index in [0.717, 1.165) is 25.3 Å². The Labute approximate surface area is 296 Å². The molecule has 0 fully saturated rings. The fourth-order valence-corrected chi connectivity index (χ4v) is 2.69. The van der Waals surface area contributed by atoms with Crippen LogP contribution in [0, 0.1) is 0 Å². The standard InChI is InChI=1S/2C7H19N3.C3H5F3O3S.C2H5Br.CHF3O3S.4CH4.BrH/c2*1-6-8-7(9(2)3)10(4)5;1-2-9-10(7,8)3(4,5)6;1-2-3;2-1(3,4)8(5,6)7;;;;;/h2*7-8H,6H2,1-5H3;2H2,1H3;2H2,1H3;(H,5,6,7);4*1H4;1H/p-2. The van der Waals surface area contributed by atoms with Crippen LogP contribution in [0.1, 0.15) is 57.4 Å². The third kappa shape index (κ3) is 42.1. The van der Waals surface area contributed by atoms with Crippen LogP contribution in [0.15, 0.2) is 0 Å². The predicted octanol–water partition coefficient (Wildman–Crippen LogP) is 1.88. The number of nitrogens with zero attached hydrogens (tertiary/aromatic N) is 4. The molecule has 22 heteroatoms. The van der Waals surface area contributed by atoms with Gasteiger partial charge in [-0.15, -0.1) is 0 Å². The Morgan fingerprint density at radius 2 is 0.848 bits per heavy atom. The van der Waals surface area contributed by atoms with Crippen molar-refractivity contribution in [1.82, 2.24) is 30.2 Å². The monoisotopic (exact) mass is 868 g/mol. The van der Waals surface area contributed by atoms with Crippen molar-refractivity contribution in [3.05, 3.63) is 0 Å². The first-order chi connectivity index (χ1) is 18.2. The molecule has 0 rings (SSSR count). The second kappa shape index (κ2) is 36.4. The second-order valence-electron chi connectivity index (χ2n) is 8.19. The van der Waals surface area contributed by atoms with E-state index < -0.39 is 37.9 Å². The number of nitrogens with one attached hydrogen (secondary N) is 2. The van der Waals surface area contributed by atoms with E-state index in [9.17, 15) is 34.8 Å². The maximum atomic E-state index is 11.3. The van der Waals surface area contributed by atoms with E-state index in [0.29, 0.717) is 12.6 Å². The molecule has 0 atom stereocenters. The van der Waals surface area contributed by atoms with Crippen LogP contribution in [0.3, 0.4) is 0 Å². The summed E-state index contributed by atoms with van der Waals surface area (Å²) in [7, 11) is 5.06. The molecule has 0 bridgehead atoms. The third-order valence-electron chi connectivity index (χ3n) is 3.57. The van der Waals surface area contributed by atoms with Crippen molar-refractivity contribution in [2.45, 2.75) is 81.0 Å². The molecular weight excluding hydrogens is 806 g/mol. The molecule has 0 spiro atoms. The number of hydrogen-bond donors (Lipinski definition) is 2. The maximum absolute atomic E-state index is 11.3. The Bertz CT molecular complexity index is 789. The average molecular weight is 871 g/mol. The molecule has 0 radical (unpaired) electrons. The Kier molecular flexibility index (Phi) is 57.0. The van der Waals surface area contributed by atoms with Gasteiger partial charge in [-0.25, -0.2) is 8.42 Å². The summed E-state index contributed by atoms with van der Waals surface area (Å²) in [5.74, 6) is 0. The quantitative estimate of drug-likeness (QED) is 0.0829. The number of halogens is 8.